The lowest BCUT2D eigenvalue weighted by atomic mass is 10.2. The number of nitrogens with one attached hydrogen (secondary N) is 1. The summed E-state index contributed by atoms with van der Waals surface area (Å²) in [5, 5.41) is 3.17. The summed E-state index contributed by atoms with van der Waals surface area (Å²) in [5.41, 5.74) is 1.26. The SMILES string of the molecule is CCSCc1nc(NC)c(I)c(C2CC2)n1. The molecule has 2 rings (SSSR count). The van der Waals surface area contributed by atoms with Crippen LogP contribution in [0.15, 0.2) is 0 Å². The standard InChI is InChI=1S/C11H16IN3S/c1-3-16-6-8-14-10(7-4-5-7)9(12)11(13-2)15-8/h7H,3-6H2,1-2H3,(H,13,14,15). The summed E-state index contributed by atoms with van der Waals surface area (Å²) in [7, 11) is 1.93. The predicted octanol–water partition coefficient (Wildman–Crippen LogP) is 3.25. The summed E-state index contributed by atoms with van der Waals surface area (Å²) >= 11 is 4.23. The van der Waals surface area contributed by atoms with Crippen LogP contribution < -0.4 is 5.32 Å². The lowest BCUT2D eigenvalue weighted by Crippen LogP contribution is -2.06. The van der Waals surface area contributed by atoms with E-state index < -0.39 is 0 Å². The monoisotopic (exact) mass is 349 g/mol. The molecule has 0 saturated heterocycles. The first kappa shape index (κ1) is 12.4. The summed E-state index contributed by atoms with van der Waals surface area (Å²) < 4.78 is 1.20. The molecule has 1 fully saturated rings. The Morgan fingerprint density at radius 2 is 2.19 bits per heavy atom. The van der Waals surface area contributed by atoms with Crippen molar-refractivity contribution < 1.29 is 0 Å². The van der Waals surface area contributed by atoms with E-state index in [1.165, 1.54) is 22.1 Å². The number of hydrogen-bond donors (Lipinski definition) is 1. The maximum absolute atomic E-state index is 4.70. The van der Waals surface area contributed by atoms with Crippen molar-refractivity contribution in [1.82, 2.24) is 9.97 Å². The van der Waals surface area contributed by atoms with Gasteiger partial charge in [0.05, 0.1) is 15.0 Å². The Bertz CT molecular complexity index is 380. The van der Waals surface area contributed by atoms with Gasteiger partial charge in [-0.1, -0.05) is 6.92 Å². The molecule has 0 atom stereocenters. The molecule has 1 aliphatic carbocycles. The molecule has 88 valence electrons. The van der Waals surface area contributed by atoms with E-state index in [1.807, 2.05) is 18.8 Å². The third-order valence-electron chi connectivity index (χ3n) is 2.56. The Morgan fingerprint density at radius 3 is 2.75 bits per heavy atom. The van der Waals surface area contributed by atoms with E-state index in [1.54, 1.807) is 0 Å². The minimum atomic E-state index is 0.687. The Kier molecular flexibility index (Phi) is 4.29. The first-order valence-corrected chi connectivity index (χ1v) is 7.81. The zero-order valence-electron chi connectivity index (χ0n) is 9.59. The van der Waals surface area contributed by atoms with Crippen molar-refractivity contribution in [3.63, 3.8) is 0 Å². The molecule has 1 aromatic rings. The molecule has 0 bridgehead atoms. The summed E-state index contributed by atoms with van der Waals surface area (Å²) in [5.74, 6) is 4.68. The minimum Gasteiger partial charge on any atom is -0.372 e. The lowest BCUT2D eigenvalue weighted by Gasteiger charge is -2.10. The van der Waals surface area contributed by atoms with Crippen molar-refractivity contribution in [3.8, 4) is 0 Å². The average molecular weight is 349 g/mol. The van der Waals surface area contributed by atoms with Gasteiger partial charge in [0.2, 0.25) is 0 Å². The largest absolute Gasteiger partial charge is 0.372 e. The van der Waals surface area contributed by atoms with Crippen molar-refractivity contribution in [2.24, 2.45) is 0 Å². The van der Waals surface area contributed by atoms with Crippen LogP contribution in [0.25, 0.3) is 0 Å². The van der Waals surface area contributed by atoms with Crippen molar-refractivity contribution in [1.29, 1.82) is 0 Å². The topological polar surface area (TPSA) is 37.8 Å². The number of thioether (sulfide) groups is 1. The third kappa shape index (κ3) is 2.80. The van der Waals surface area contributed by atoms with Crippen LogP contribution in [0, 0.1) is 3.57 Å². The van der Waals surface area contributed by atoms with Crippen molar-refractivity contribution >= 4 is 40.2 Å². The van der Waals surface area contributed by atoms with E-state index in [0.29, 0.717) is 5.92 Å². The van der Waals surface area contributed by atoms with Gasteiger partial charge in [-0.2, -0.15) is 11.8 Å². The molecule has 0 amide bonds. The van der Waals surface area contributed by atoms with Gasteiger partial charge in [-0.3, -0.25) is 0 Å². The van der Waals surface area contributed by atoms with Crippen molar-refractivity contribution in [3.05, 3.63) is 15.1 Å². The molecule has 1 aromatic heterocycles. The quantitative estimate of drug-likeness (QED) is 0.829. The van der Waals surface area contributed by atoms with Gasteiger partial charge < -0.3 is 5.32 Å². The molecule has 0 aromatic carbocycles. The van der Waals surface area contributed by atoms with Gasteiger partial charge in [-0.05, 0) is 41.2 Å². The maximum Gasteiger partial charge on any atom is 0.143 e. The molecular weight excluding hydrogens is 333 g/mol. The smallest absolute Gasteiger partial charge is 0.143 e. The van der Waals surface area contributed by atoms with Crippen molar-refractivity contribution in [2.45, 2.75) is 31.4 Å². The third-order valence-corrected chi connectivity index (χ3v) is 4.49. The van der Waals surface area contributed by atoms with E-state index >= 15 is 0 Å². The molecule has 16 heavy (non-hydrogen) atoms. The molecule has 0 radical (unpaired) electrons. The number of aromatic nitrogens is 2. The number of hydrogen-bond acceptors (Lipinski definition) is 4. The molecule has 1 aliphatic rings. The fourth-order valence-corrected chi connectivity index (χ4v) is 3.03. The first-order valence-electron chi connectivity index (χ1n) is 5.58. The molecular formula is C11H16IN3S. The van der Waals surface area contributed by atoms with Gasteiger partial charge in [0.1, 0.15) is 11.6 Å². The Labute approximate surface area is 114 Å². The van der Waals surface area contributed by atoms with Crippen LogP contribution in [0.5, 0.6) is 0 Å². The second-order valence-corrected chi connectivity index (χ2v) is 6.20. The average Bonchev–Trinajstić information content (AvgIpc) is 3.11. The van der Waals surface area contributed by atoms with Gasteiger partial charge in [0.15, 0.2) is 0 Å². The minimum absolute atomic E-state index is 0.687. The van der Waals surface area contributed by atoms with Gasteiger partial charge in [0, 0.05) is 13.0 Å². The number of halogens is 1. The molecule has 5 heteroatoms. The van der Waals surface area contributed by atoms with Crippen molar-refractivity contribution in [2.75, 3.05) is 18.1 Å². The highest BCUT2D eigenvalue weighted by atomic mass is 127. The summed E-state index contributed by atoms with van der Waals surface area (Å²) in [6.07, 6.45) is 2.58. The summed E-state index contributed by atoms with van der Waals surface area (Å²) in [4.78, 5) is 9.25. The number of nitrogens with zero attached hydrogens (tertiary/aromatic N) is 2. The second kappa shape index (κ2) is 5.53. The highest BCUT2D eigenvalue weighted by Crippen LogP contribution is 2.42. The van der Waals surface area contributed by atoms with Crippen LogP contribution in [0.1, 0.15) is 37.2 Å². The Morgan fingerprint density at radius 1 is 1.44 bits per heavy atom. The van der Waals surface area contributed by atoms with Crippen LogP contribution in [-0.4, -0.2) is 22.8 Å². The predicted molar refractivity (Wildman–Crippen MR) is 78.1 cm³/mol. The van der Waals surface area contributed by atoms with Gasteiger partial charge in [-0.25, -0.2) is 9.97 Å². The first-order chi connectivity index (χ1) is 7.76. The summed E-state index contributed by atoms with van der Waals surface area (Å²) in [6, 6.07) is 0. The van der Waals surface area contributed by atoms with E-state index in [2.05, 4.69) is 39.8 Å². The maximum atomic E-state index is 4.70. The zero-order chi connectivity index (χ0) is 11.5. The van der Waals surface area contributed by atoms with Crippen LogP contribution in [0.3, 0.4) is 0 Å². The number of anilines is 1. The molecule has 3 nitrogen and oxygen atoms in total. The molecule has 0 spiro atoms. The highest BCUT2D eigenvalue weighted by Gasteiger charge is 2.29. The molecule has 1 N–H and O–H groups in total. The Balaban J connectivity index is 2.28. The zero-order valence-corrected chi connectivity index (χ0v) is 12.6. The second-order valence-electron chi connectivity index (χ2n) is 3.85. The van der Waals surface area contributed by atoms with Crippen LogP contribution >= 0.6 is 34.4 Å². The molecule has 0 unspecified atom stereocenters. The van der Waals surface area contributed by atoms with E-state index in [-0.39, 0.29) is 0 Å². The van der Waals surface area contributed by atoms with Crippen LogP contribution in [-0.2, 0) is 5.75 Å². The van der Waals surface area contributed by atoms with Gasteiger partial charge >= 0.3 is 0 Å². The van der Waals surface area contributed by atoms with E-state index in [4.69, 9.17) is 4.98 Å². The van der Waals surface area contributed by atoms with Crippen LogP contribution in [0.4, 0.5) is 5.82 Å². The highest BCUT2D eigenvalue weighted by molar-refractivity contribution is 14.1. The molecule has 0 aliphatic heterocycles. The number of rotatable bonds is 5. The fourth-order valence-electron chi connectivity index (χ4n) is 1.56. The molecule has 1 heterocycles. The van der Waals surface area contributed by atoms with E-state index in [9.17, 15) is 0 Å². The lowest BCUT2D eigenvalue weighted by molar-refractivity contribution is 0.920. The Hall–Kier alpha value is -0.0400. The molecule has 1 saturated carbocycles. The summed E-state index contributed by atoms with van der Waals surface area (Å²) in [6.45, 7) is 2.16. The van der Waals surface area contributed by atoms with E-state index in [0.717, 1.165) is 23.1 Å². The normalized spacial score (nSPS) is 15.2. The fraction of sp³-hybridized carbons (Fsp3) is 0.636. The van der Waals surface area contributed by atoms with Crippen LogP contribution in [0.2, 0.25) is 0 Å². The van der Waals surface area contributed by atoms with Gasteiger partial charge in [0.25, 0.3) is 0 Å². The van der Waals surface area contributed by atoms with Gasteiger partial charge in [-0.15, -0.1) is 0 Å².